The summed E-state index contributed by atoms with van der Waals surface area (Å²) >= 11 is 0. The van der Waals surface area contributed by atoms with Gasteiger partial charge in [-0.05, 0) is 19.1 Å². The van der Waals surface area contributed by atoms with Crippen molar-refractivity contribution in [3.05, 3.63) is 73.2 Å². The Morgan fingerprint density at radius 2 is 1.64 bits per heavy atom. The highest BCUT2D eigenvalue weighted by atomic mass is 32.2. The predicted octanol–water partition coefficient (Wildman–Crippen LogP) is 4.21. The highest BCUT2D eigenvalue weighted by Crippen LogP contribution is 2.28. The number of hydrogen-bond donors (Lipinski definition) is 0. The number of hydrogen-bond acceptors (Lipinski definition) is 6. The zero-order valence-electron chi connectivity index (χ0n) is 15.0. The monoisotopic (exact) mass is 395 g/mol. The lowest BCUT2D eigenvalue weighted by Crippen LogP contribution is -2.31. The zero-order valence-corrected chi connectivity index (χ0v) is 15.8. The maximum absolute atomic E-state index is 13.1. The lowest BCUT2D eigenvalue weighted by atomic mass is 10.2. The average Bonchev–Trinajstić information content (AvgIpc) is 3.42. The molecule has 2 aromatic heterocycles. The Morgan fingerprint density at radius 1 is 0.929 bits per heavy atom. The minimum atomic E-state index is -3.83. The third-order valence-electron chi connectivity index (χ3n) is 4.24. The smallest absolute Gasteiger partial charge is 0.312 e. The lowest BCUT2D eigenvalue weighted by molar-refractivity contribution is 0.422. The van der Waals surface area contributed by atoms with E-state index >= 15 is 0 Å². The third-order valence-corrected chi connectivity index (χ3v) is 6.10. The van der Waals surface area contributed by atoms with Gasteiger partial charge in [0, 0.05) is 23.7 Å². The summed E-state index contributed by atoms with van der Waals surface area (Å²) in [5, 5.41) is 3.85. The van der Waals surface area contributed by atoms with Crippen LogP contribution in [0.1, 0.15) is 6.92 Å². The van der Waals surface area contributed by atoms with Crippen LogP contribution in [-0.4, -0.2) is 25.1 Å². The van der Waals surface area contributed by atoms with Gasteiger partial charge in [-0.3, -0.25) is 0 Å². The van der Waals surface area contributed by atoms with E-state index in [4.69, 9.17) is 8.94 Å². The molecular formula is C20H17N3O4S. The first kappa shape index (κ1) is 18.0. The molecule has 2 heterocycles. The van der Waals surface area contributed by atoms with Crippen LogP contribution in [0.25, 0.3) is 22.5 Å². The summed E-state index contributed by atoms with van der Waals surface area (Å²) in [5.41, 5.74) is 2.82. The van der Waals surface area contributed by atoms with Gasteiger partial charge >= 0.3 is 6.01 Å². The van der Waals surface area contributed by atoms with E-state index < -0.39 is 10.0 Å². The van der Waals surface area contributed by atoms with Crippen molar-refractivity contribution in [2.24, 2.45) is 0 Å². The molecule has 0 spiro atoms. The fourth-order valence-corrected chi connectivity index (χ4v) is 4.18. The Hall–Kier alpha value is -3.39. The van der Waals surface area contributed by atoms with Crippen molar-refractivity contribution in [2.45, 2.75) is 11.8 Å². The molecule has 0 saturated carbocycles. The van der Waals surface area contributed by atoms with Gasteiger partial charge in [0.1, 0.15) is 23.9 Å². The van der Waals surface area contributed by atoms with Crippen LogP contribution < -0.4 is 4.31 Å². The lowest BCUT2D eigenvalue weighted by Gasteiger charge is -2.18. The summed E-state index contributed by atoms with van der Waals surface area (Å²) in [6.45, 7) is 1.91. The third kappa shape index (κ3) is 3.29. The Morgan fingerprint density at radius 3 is 2.29 bits per heavy atom. The van der Waals surface area contributed by atoms with Crippen LogP contribution in [-0.2, 0) is 10.0 Å². The van der Waals surface area contributed by atoms with E-state index in [-0.39, 0.29) is 17.5 Å². The molecule has 0 atom stereocenters. The summed E-state index contributed by atoms with van der Waals surface area (Å²) in [7, 11) is -3.83. The Kier molecular flexibility index (Phi) is 4.70. The van der Waals surface area contributed by atoms with Gasteiger partial charge in [0.15, 0.2) is 0 Å². The summed E-state index contributed by atoms with van der Waals surface area (Å²) in [4.78, 5) is 4.50. The molecule has 0 fully saturated rings. The molecule has 4 rings (SSSR count). The van der Waals surface area contributed by atoms with Crippen molar-refractivity contribution in [3.63, 3.8) is 0 Å². The quantitative estimate of drug-likeness (QED) is 0.486. The molecule has 4 aromatic rings. The van der Waals surface area contributed by atoms with Crippen molar-refractivity contribution in [3.8, 4) is 22.5 Å². The van der Waals surface area contributed by atoms with Gasteiger partial charge in [0.25, 0.3) is 10.0 Å². The molecule has 0 aliphatic carbocycles. The molecule has 2 aromatic carbocycles. The molecular weight excluding hydrogens is 378 g/mol. The van der Waals surface area contributed by atoms with Gasteiger partial charge in [0.05, 0.1) is 4.90 Å². The van der Waals surface area contributed by atoms with E-state index in [1.807, 2.05) is 30.3 Å². The molecule has 28 heavy (non-hydrogen) atoms. The van der Waals surface area contributed by atoms with E-state index in [1.54, 1.807) is 25.1 Å². The molecule has 7 nitrogen and oxygen atoms in total. The summed E-state index contributed by atoms with van der Waals surface area (Å²) in [5.74, 6) is 0. The van der Waals surface area contributed by atoms with Crippen molar-refractivity contribution in [1.82, 2.24) is 10.1 Å². The largest absolute Gasteiger partial charge is 0.431 e. The minimum absolute atomic E-state index is 0.0296. The Bertz CT molecular complexity index is 1150. The number of rotatable bonds is 6. The van der Waals surface area contributed by atoms with Crippen molar-refractivity contribution >= 4 is 16.0 Å². The molecule has 0 bridgehead atoms. The van der Waals surface area contributed by atoms with Crippen molar-refractivity contribution in [1.29, 1.82) is 0 Å². The predicted molar refractivity (Wildman–Crippen MR) is 104 cm³/mol. The summed E-state index contributed by atoms with van der Waals surface area (Å²) < 4.78 is 37.6. The van der Waals surface area contributed by atoms with Crippen LogP contribution in [0, 0.1) is 0 Å². The molecule has 0 N–H and O–H groups in total. The highest BCUT2D eigenvalue weighted by Gasteiger charge is 2.27. The molecule has 0 amide bonds. The first-order chi connectivity index (χ1) is 13.6. The highest BCUT2D eigenvalue weighted by molar-refractivity contribution is 7.92. The fourth-order valence-electron chi connectivity index (χ4n) is 2.81. The normalized spacial score (nSPS) is 11.5. The topological polar surface area (TPSA) is 89.4 Å². The van der Waals surface area contributed by atoms with E-state index in [0.717, 1.165) is 15.4 Å². The number of aromatic nitrogens is 2. The Labute approximate surface area is 162 Å². The van der Waals surface area contributed by atoms with Crippen LogP contribution in [0.2, 0.25) is 0 Å². The molecule has 8 heteroatoms. The van der Waals surface area contributed by atoms with E-state index in [1.165, 1.54) is 24.7 Å². The summed E-state index contributed by atoms with van der Waals surface area (Å²) in [6, 6.07) is 17.6. The van der Waals surface area contributed by atoms with E-state index in [2.05, 4.69) is 10.1 Å². The van der Waals surface area contributed by atoms with Crippen LogP contribution >= 0.6 is 0 Å². The number of benzene rings is 2. The van der Waals surface area contributed by atoms with Gasteiger partial charge in [-0.15, -0.1) is 0 Å². The standard InChI is InChI=1S/C20H17N3O4S/c1-2-23(20-21-19(14-26-20)15-6-4-3-5-7-15)28(24,25)17-10-8-16(9-11-17)18-12-13-27-22-18/h3-14H,2H2,1H3. The summed E-state index contributed by atoms with van der Waals surface area (Å²) in [6.07, 6.45) is 2.92. The SMILES string of the molecule is CCN(c1nc(-c2ccccc2)co1)S(=O)(=O)c1ccc(-c2ccon2)cc1. The molecule has 0 aliphatic rings. The molecule has 142 valence electrons. The first-order valence-electron chi connectivity index (χ1n) is 8.64. The first-order valence-corrected chi connectivity index (χ1v) is 10.1. The van der Waals surface area contributed by atoms with Crippen molar-refractivity contribution < 1.29 is 17.4 Å². The molecule has 0 unspecified atom stereocenters. The molecule has 0 saturated heterocycles. The van der Waals surface area contributed by atoms with Gasteiger partial charge in [-0.1, -0.05) is 47.6 Å². The maximum atomic E-state index is 13.1. The second-order valence-electron chi connectivity index (χ2n) is 5.96. The maximum Gasteiger partial charge on any atom is 0.312 e. The second-order valence-corrected chi connectivity index (χ2v) is 7.82. The zero-order chi connectivity index (χ0) is 19.6. The van der Waals surface area contributed by atoms with Crippen LogP contribution in [0.15, 0.2) is 87.0 Å². The van der Waals surface area contributed by atoms with Crippen LogP contribution in [0.5, 0.6) is 0 Å². The number of anilines is 1. The van der Waals surface area contributed by atoms with Gasteiger partial charge in [0.2, 0.25) is 0 Å². The second kappa shape index (κ2) is 7.32. The average molecular weight is 395 g/mol. The van der Waals surface area contributed by atoms with Gasteiger partial charge < -0.3 is 8.94 Å². The van der Waals surface area contributed by atoms with E-state index in [0.29, 0.717) is 11.4 Å². The molecule has 0 aliphatic heterocycles. The van der Waals surface area contributed by atoms with E-state index in [9.17, 15) is 8.42 Å². The van der Waals surface area contributed by atoms with Crippen LogP contribution in [0.3, 0.4) is 0 Å². The van der Waals surface area contributed by atoms with Gasteiger partial charge in [-0.25, -0.2) is 12.7 Å². The number of sulfonamides is 1. The Balaban J connectivity index is 1.65. The minimum Gasteiger partial charge on any atom is -0.431 e. The van der Waals surface area contributed by atoms with Crippen molar-refractivity contribution in [2.75, 3.05) is 10.8 Å². The molecule has 0 radical (unpaired) electrons. The number of nitrogens with zero attached hydrogens (tertiary/aromatic N) is 3. The van der Waals surface area contributed by atoms with Crippen LogP contribution in [0.4, 0.5) is 6.01 Å². The van der Waals surface area contributed by atoms with Gasteiger partial charge in [-0.2, -0.15) is 4.98 Å². The fraction of sp³-hybridized carbons (Fsp3) is 0.100. The number of oxazole rings is 1.